The van der Waals surface area contributed by atoms with E-state index in [1.54, 1.807) is 13.8 Å². The first kappa shape index (κ1) is 16.4. The summed E-state index contributed by atoms with van der Waals surface area (Å²) >= 11 is 0. The van der Waals surface area contributed by atoms with Crippen molar-refractivity contribution in [1.29, 1.82) is 0 Å². The largest absolute Gasteiger partial charge is 0.389 e. The highest BCUT2D eigenvalue weighted by molar-refractivity contribution is 5.78. The Morgan fingerprint density at radius 3 is 2.11 bits per heavy atom. The fraction of sp³-hybridized carbons (Fsp3) is 0.933. The van der Waals surface area contributed by atoms with Crippen molar-refractivity contribution >= 4 is 5.91 Å². The minimum absolute atomic E-state index is 0.0317. The molecule has 0 aromatic heterocycles. The molecule has 0 atom stereocenters. The van der Waals surface area contributed by atoms with Crippen LogP contribution in [0.5, 0.6) is 0 Å². The molecule has 0 unspecified atom stereocenters. The van der Waals surface area contributed by atoms with Gasteiger partial charge in [-0.25, -0.2) is 0 Å². The van der Waals surface area contributed by atoms with E-state index in [2.05, 4.69) is 10.6 Å². The van der Waals surface area contributed by atoms with Gasteiger partial charge in [0.2, 0.25) is 5.91 Å². The van der Waals surface area contributed by atoms with Crippen molar-refractivity contribution in [2.45, 2.75) is 83.4 Å². The second-order valence-corrected chi connectivity index (χ2v) is 6.79. The third kappa shape index (κ3) is 5.49. The normalized spacial score (nSPS) is 19.0. The van der Waals surface area contributed by atoms with E-state index in [0.29, 0.717) is 6.04 Å². The second-order valence-electron chi connectivity index (χ2n) is 6.79. The van der Waals surface area contributed by atoms with Crippen molar-refractivity contribution in [2.75, 3.05) is 6.54 Å². The van der Waals surface area contributed by atoms with Crippen LogP contribution in [-0.4, -0.2) is 34.7 Å². The molecule has 1 aliphatic rings. The molecule has 0 spiro atoms. The smallest absolute Gasteiger partial charge is 0.234 e. The van der Waals surface area contributed by atoms with E-state index in [1.807, 2.05) is 13.8 Å². The van der Waals surface area contributed by atoms with E-state index < -0.39 is 11.1 Å². The summed E-state index contributed by atoms with van der Waals surface area (Å²) in [5, 5.41) is 16.3. The van der Waals surface area contributed by atoms with E-state index in [4.69, 9.17) is 0 Å². The molecule has 112 valence electrons. The predicted octanol–water partition coefficient (Wildman–Crippen LogP) is 1.96. The van der Waals surface area contributed by atoms with Gasteiger partial charge in [0, 0.05) is 11.6 Å². The molecular weight excluding hydrogens is 240 g/mol. The van der Waals surface area contributed by atoms with Crippen molar-refractivity contribution in [1.82, 2.24) is 10.6 Å². The molecule has 0 bridgehead atoms. The molecular formula is C15H30N2O2. The molecule has 1 saturated carbocycles. The summed E-state index contributed by atoms with van der Waals surface area (Å²) < 4.78 is 0. The number of hydrogen-bond donors (Lipinski definition) is 3. The van der Waals surface area contributed by atoms with Crippen molar-refractivity contribution in [3.8, 4) is 0 Å². The first-order chi connectivity index (χ1) is 8.72. The summed E-state index contributed by atoms with van der Waals surface area (Å²) in [6, 6.07) is 0.335. The fourth-order valence-electron chi connectivity index (χ4n) is 2.22. The van der Waals surface area contributed by atoms with Gasteiger partial charge >= 0.3 is 0 Å². The predicted molar refractivity (Wildman–Crippen MR) is 78.0 cm³/mol. The monoisotopic (exact) mass is 270 g/mol. The number of hydrogen-bond acceptors (Lipinski definition) is 3. The van der Waals surface area contributed by atoms with E-state index in [-0.39, 0.29) is 12.5 Å². The van der Waals surface area contributed by atoms with Gasteiger partial charge in [0.15, 0.2) is 0 Å². The van der Waals surface area contributed by atoms with Crippen molar-refractivity contribution < 1.29 is 9.90 Å². The van der Waals surface area contributed by atoms with Crippen molar-refractivity contribution in [3.63, 3.8) is 0 Å². The zero-order valence-corrected chi connectivity index (χ0v) is 12.9. The second kappa shape index (κ2) is 6.71. The Morgan fingerprint density at radius 1 is 1.11 bits per heavy atom. The van der Waals surface area contributed by atoms with E-state index in [1.165, 1.54) is 25.7 Å². The summed E-state index contributed by atoms with van der Waals surface area (Å²) in [6.45, 7) is 7.58. The van der Waals surface area contributed by atoms with E-state index in [9.17, 15) is 9.90 Å². The van der Waals surface area contributed by atoms with Crippen LogP contribution in [0.1, 0.15) is 66.2 Å². The summed E-state index contributed by atoms with van der Waals surface area (Å²) in [7, 11) is 0. The summed E-state index contributed by atoms with van der Waals surface area (Å²) in [5.41, 5.74) is -1.36. The molecule has 3 N–H and O–H groups in total. The Morgan fingerprint density at radius 2 is 1.63 bits per heavy atom. The molecule has 0 aromatic rings. The maximum absolute atomic E-state index is 11.9. The number of carbonyl (C=O) groups is 1. The third-order valence-corrected chi connectivity index (χ3v) is 4.44. The lowest BCUT2D eigenvalue weighted by Gasteiger charge is -2.38. The maximum Gasteiger partial charge on any atom is 0.234 e. The Balaban J connectivity index is 2.35. The van der Waals surface area contributed by atoms with Crippen molar-refractivity contribution in [2.24, 2.45) is 0 Å². The molecule has 4 nitrogen and oxygen atoms in total. The molecule has 0 radical (unpaired) electrons. The van der Waals surface area contributed by atoms with Crippen LogP contribution in [-0.2, 0) is 4.79 Å². The van der Waals surface area contributed by atoms with Gasteiger partial charge in [-0.1, -0.05) is 25.7 Å². The lowest BCUT2D eigenvalue weighted by Crippen LogP contribution is -2.58. The number of nitrogens with one attached hydrogen (secondary N) is 2. The van der Waals surface area contributed by atoms with Gasteiger partial charge in [0.05, 0.1) is 12.1 Å². The highest BCUT2D eigenvalue weighted by Crippen LogP contribution is 2.20. The molecule has 4 heteroatoms. The van der Waals surface area contributed by atoms with Gasteiger partial charge in [0.25, 0.3) is 0 Å². The first-order valence-electron chi connectivity index (χ1n) is 7.49. The molecule has 0 aliphatic heterocycles. The van der Waals surface area contributed by atoms with Crippen LogP contribution in [0, 0.1) is 0 Å². The molecule has 1 rings (SSSR count). The average molecular weight is 270 g/mol. The van der Waals surface area contributed by atoms with Gasteiger partial charge in [-0.2, -0.15) is 0 Å². The Labute approximate surface area is 117 Å². The topological polar surface area (TPSA) is 61.4 Å². The SMILES string of the molecule is CC(C)(O)C(C)(C)NCC(=O)NC1CCCCCC1. The Kier molecular flexibility index (Phi) is 5.81. The number of aliphatic hydroxyl groups is 1. The van der Waals surface area contributed by atoms with Crippen LogP contribution in [0.15, 0.2) is 0 Å². The minimum atomic E-state index is -0.865. The van der Waals surface area contributed by atoms with Crippen LogP contribution in [0.3, 0.4) is 0 Å². The average Bonchev–Trinajstić information content (AvgIpc) is 2.53. The van der Waals surface area contributed by atoms with Crippen LogP contribution >= 0.6 is 0 Å². The van der Waals surface area contributed by atoms with Gasteiger partial charge < -0.3 is 15.7 Å². The highest BCUT2D eigenvalue weighted by Gasteiger charge is 2.34. The molecule has 0 heterocycles. The van der Waals surface area contributed by atoms with E-state index >= 15 is 0 Å². The molecule has 19 heavy (non-hydrogen) atoms. The van der Waals surface area contributed by atoms with Crippen LogP contribution in [0.25, 0.3) is 0 Å². The molecule has 1 amide bonds. The number of rotatable bonds is 5. The molecule has 1 aliphatic carbocycles. The zero-order valence-electron chi connectivity index (χ0n) is 12.9. The lowest BCUT2D eigenvalue weighted by molar-refractivity contribution is -0.121. The minimum Gasteiger partial charge on any atom is -0.389 e. The first-order valence-corrected chi connectivity index (χ1v) is 7.49. The molecule has 0 saturated heterocycles. The summed E-state index contributed by atoms with van der Waals surface area (Å²) in [4.78, 5) is 11.9. The molecule has 1 fully saturated rings. The van der Waals surface area contributed by atoms with Gasteiger partial charge in [-0.05, 0) is 40.5 Å². The van der Waals surface area contributed by atoms with Crippen LogP contribution in [0.4, 0.5) is 0 Å². The number of amides is 1. The van der Waals surface area contributed by atoms with Crippen LogP contribution in [0.2, 0.25) is 0 Å². The maximum atomic E-state index is 11.9. The van der Waals surface area contributed by atoms with Crippen molar-refractivity contribution in [3.05, 3.63) is 0 Å². The fourth-order valence-corrected chi connectivity index (χ4v) is 2.22. The highest BCUT2D eigenvalue weighted by atomic mass is 16.3. The lowest BCUT2D eigenvalue weighted by atomic mass is 9.86. The summed E-state index contributed by atoms with van der Waals surface area (Å²) in [5.74, 6) is 0.0317. The summed E-state index contributed by atoms with van der Waals surface area (Å²) in [6.07, 6.45) is 7.20. The van der Waals surface area contributed by atoms with Gasteiger partial charge in [-0.15, -0.1) is 0 Å². The Bertz CT molecular complexity index is 287. The van der Waals surface area contributed by atoms with Gasteiger partial charge in [0.1, 0.15) is 0 Å². The third-order valence-electron chi connectivity index (χ3n) is 4.44. The zero-order chi connectivity index (χ0) is 14.5. The Hall–Kier alpha value is -0.610. The standard InChI is InChI=1S/C15H30N2O2/c1-14(2,15(3,4)19)16-11-13(18)17-12-9-7-5-6-8-10-12/h12,16,19H,5-11H2,1-4H3,(H,17,18). The van der Waals surface area contributed by atoms with Gasteiger partial charge in [-0.3, -0.25) is 4.79 Å². The quantitative estimate of drug-likeness (QED) is 0.669. The molecule has 0 aromatic carbocycles. The van der Waals surface area contributed by atoms with Crippen LogP contribution < -0.4 is 10.6 Å². The number of carbonyl (C=O) groups excluding carboxylic acids is 1. The van der Waals surface area contributed by atoms with E-state index in [0.717, 1.165) is 12.8 Å².